The zero-order valence-electron chi connectivity index (χ0n) is 15.0. The average Bonchev–Trinajstić information content (AvgIpc) is 3.04. The summed E-state index contributed by atoms with van der Waals surface area (Å²) in [6.07, 6.45) is 1.05. The predicted molar refractivity (Wildman–Crippen MR) is 92.2 cm³/mol. The van der Waals surface area contributed by atoms with E-state index >= 15 is 0 Å². The number of nitrogens with zero attached hydrogens (tertiary/aromatic N) is 3. The van der Waals surface area contributed by atoms with Crippen molar-refractivity contribution in [2.24, 2.45) is 0 Å². The summed E-state index contributed by atoms with van der Waals surface area (Å²) in [6.45, 7) is 11.6. The van der Waals surface area contributed by atoms with Gasteiger partial charge in [-0.15, -0.1) is 5.10 Å². The standard InChI is InChI=1S/C15H24O3S.CH2N4/c1-10(2)13-8-7-9-14(15(13)11(3)4)19(16,17)18-12(5)6;1-2-4-5-3-1/h7-12H,1-6H3;1H,(H,2,3,4,5). The van der Waals surface area contributed by atoms with Gasteiger partial charge in [-0.2, -0.15) is 8.42 Å². The molecule has 134 valence electrons. The maximum Gasteiger partial charge on any atom is 0.297 e. The van der Waals surface area contributed by atoms with Crippen LogP contribution in [0.5, 0.6) is 0 Å². The third-order valence-corrected chi connectivity index (χ3v) is 4.69. The highest BCUT2D eigenvalue weighted by Gasteiger charge is 2.25. The molecule has 0 amide bonds. The van der Waals surface area contributed by atoms with Crippen LogP contribution in [0.1, 0.15) is 64.5 Å². The molecule has 0 aliphatic rings. The third-order valence-electron chi connectivity index (χ3n) is 3.16. The van der Waals surface area contributed by atoms with Crippen LogP contribution in [-0.2, 0) is 14.3 Å². The van der Waals surface area contributed by atoms with Crippen molar-refractivity contribution in [1.82, 2.24) is 20.6 Å². The molecule has 1 heterocycles. The molecule has 1 N–H and O–H groups in total. The van der Waals surface area contributed by atoms with Crippen LogP contribution >= 0.6 is 0 Å². The minimum atomic E-state index is -3.69. The van der Waals surface area contributed by atoms with Crippen molar-refractivity contribution >= 4 is 10.1 Å². The second-order valence-corrected chi connectivity index (χ2v) is 7.77. The monoisotopic (exact) mass is 354 g/mol. The molecule has 0 radical (unpaired) electrons. The molecule has 2 rings (SSSR count). The highest BCUT2D eigenvalue weighted by Crippen LogP contribution is 2.32. The van der Waals surface area contributed by atoms with Gasteiger partial charge >= 0.3 is 0 Å². The van der Waals surface area contributed by atoms with Crippen molar-refractivity contribution in [3.05, 3.63) is 35.7 Å². The number of aromatic nitrogens is 4. The van der Waals surface area contributed by atoms with Gasteiger partial charge in [0.2, 0.25) is 0 Å². The van der Waals surface area contributed by atoms with Crippen LogP contribution in [0.15, 0.2) is 29.4 Å². The van der Waals surface area contributed by atoms with E-state index in [1.165, 1.54) is 6.33 Å². The summed E-state index contributed by atoms with van der Waals surface area (Å²) in [5.74, 6) is 0.422. The summed E-state index contributed by atoms with van der Waals surface area (Å²) in [7, 11) is -3.69. The molecule has 0 atom stereocenters. The second-order valence-electron chi connectivity index (χ2n) is 6.23. The number of hydrogen-bond acceptors (Lipinski definition) is 6. The topological polar surface area (TPSA) is 97.8 Å². The van der Waals surface area contributed by atoms with Gasteiger partial charge in [0.15, 0.2) is 0 Å². The first-order valence-electron chi connectivity index (χ1n) is 7.90. The normalized spacial score (nSPS) is 11.7. The number of H-pyrrole nitrogens is 1. The Balaban J connectivity index is 0.000000488. The van der Waals surface area contributed by atoms with Gasteiger partial charge in [-0.1, -0.05) is 39.8 Å². The smallest absolute Gasteiger partial charge is 0.264 e. The van der Waals surface area contributed by atoms with Crippen molar-refractivity contribution in [3.63, 3.8) is 0 Å². The van der Waals surface area contributed by atoms with Gasteiger partial charge in [0, 0.05) is 0 Å². The molecule has 1 aromatic carbocycles. The zero-order valence-corrected chi connectivity index (χ0v) is 15.8. The maximum absolute atomic E-state index is 12.3. The molecule has 8 heteroatoms. The van der Waals surface area contributed by atoms with E-state index in [-0.39, 0.29) is 17.9 Å². The lowest BCUT2D eigenvalue weighted by Gasteiger charge is -2.20. The number of tetrazole rings is 1. The summed E-state index contributed by atoms with van der Waals surface area (Å²) in [5, 5.41) is 12.1. The van der Waals surface area contributed by atoms with Crippen molar-refractivity contribution in [1.29, 1.82) is 0 Å². The average molecular weight is 354 g/mol. The van der Waals surface area contributed by atoms with E-state index in [2.05, 4.69) is 34.5 Å². The van der Waals surface area contributed by atoms with E-state index in [9.17, 15) is 8.42 Å². The van der Waals surface area contributed by atoms with Gasteiger partial charge in [0.25, 0.3) is 10.1 Å². The van der Waals surface area contributed by atoms with Crippen LogP contribution in [0.3, 0.4) is 0 Å². The van der Waals surface area contributed by atoms with Gasteiger partial charge in [-0.25, -0.2) is 5.10 Å². The quantitative estimate of drug-likeness (QED) is 0.828. The van der Waals surface area contributed by atoms with Crippen molar-refractivity contribution in [2.45, 2.75) is 64.4 Å². The van der Waals surface area contributed by atoms with Crippen LogP contribution in [0.25, 0.3) is 0 Å². The number of hydrogen-bond donors (Lipinski definition) is 1. The SMILES string of the molecule is CC(C)OS(=O)(=O)c1cccc(C(C)C)c1C(C)C.c1nnn[nH]1. The lowest BCUT2D eigenvalue weighted by atomic mass is 9.91. The summed E-state index contributed by atoms with van der Waals surface area (Å²) in [6, 6.07) is 5.42. The Morgan fingerprint density at radius 1 is 1.04 bits per heavy atom. The molecule has 0 spiro atoms. The number of benzene rings is 1. The predicted octanol–water partition coefficient (Wildman–Crippen LogP) is 3.25. The minimum absolute atomic E-state index is 0.138. The van der Waals surface area contributed by atoms with Crippen molar-refractivity contribution in [3.8, 4) is 0 Å². The highest BCUT2D eigenvalue weighted by molar-refractivity contribution is 7.86. The molecule has 24 heavy (non-hydrogen) atoms. The minimum Gasteiger partial charge on any atom is -0.264 e. The first-order valence-corrected chi connectivity index (χ1v) is 9.30. The largest absolute Gasteiger partial charge is 0.297 e. The van der Waals surface area contributed by atoms with E-state index in [0.717, 1.165) is 11.1 Å². The van der Waals surface area contributed by atoms with Crippen LogP contribution in [0.4, 0.5) is 0 Å². The summed E-state index contributed by atoms with van der Waals surface area (Å²) in [4.78, 5) is 0.308. The van der Waals surface area contributed by atoms with E-state index in [4.69, 9.17) is 4.18 Å². The molecule has 0 saturated carbocycles. The molecule has 1 aromatic heterocycles. The lowest BCUT2D eigenvalue weighted by Crippen LogP contribution is -2.16. The Kier molecular flexibility index (Phi) is 7.50. The fraction of sp³-hybridized carbons (Fsp3) is 0.562. The van der Waals surface area contributed by atoms with E-state index < -0.39 is 10.1 Å². The van der Waals surface area contributed by atoms with E-state index in [0.29, 0.717) is 4.90 Å². The van der Waals surface area contributed by atoms with Crippen LogP contribution in [0, 0.1) is 0 Å². The van der Waals surface area contributed by atoms with E-state index in [1.807, 2.05) is 19.9 Å². The Labute approximate surface area is 144 Å². The fourth-order valence-electron chi connectivity index (χ4n) is 2.33. The second kappa shape index (κ2) is 8.89. The fourth-order valence-corrected chi connectivity index (χ4v) is 3.81. The van der Waals surface area contributed by atoms with Crippen molar-refractivity contribution < 1.29 is 12.6 Å². The van der Waals surface area contributed by atoms with Gasteiger partial charge in [0.05, 0.1) is 11.0 Å². The lowest BCUT2D eigenvalue weighted by molar-refractivity contribution is 0.248. The summed E-state index contributed by atoms with van der Waals surface area (Å²) in [5.41, 5.74) is 1.95. The number of aromatic amines is 1. The maximum atomic E-state index is 12.3. The van der Waals surface area contributed by atoms with Gasteiger partial charge in [-0.3, -0.25) is 4.18 Å². The molecule has 2 aromatic rings. The summed E-state index contributed by atoms with van der Waals surface area (Å²) >= 11 is 0. The highest BCUT2D eigenvalue weighted by atomic mass is 32.2. The molecule has 0 aliphatic carbocycles. The molecule has 0 bridgehead atoms. The molecular weight excluding hydrogens is 328 g/mol. The van der Waals surface area contributed by atoms with Crippen LogP contribution < -0.4 is 0 Å². The number of rotatable bonds is 5. The van der Waals surface area contributed by atoms with Crippen LogP contribution in [0.2, 0.25) is 0 Å². The molecular formula is C16H26N4O3S. The Bertz CT molecular complexity index is 694. The Morgan fingerprint density at radius 3 is 2.08 bits per heavy atom. The van der Waals surface area contributed by atoms with Crippen LogP contribution in [-0.4, -0.2) is 35.1 Å². The van der Waals surface area contributed by atoms with Gasteiger partial charge in [-0.05, 0) is 53.3 Å². The Morgan fingerprint density at radius 2 is 1.71 bits per heavy atom. The number of nitrogens with one attached hydrogen (secondary N) is 1. The first kappa shape index (κ1) is 20.2. The molecule has 0 unspecified atom stereocenters. The molecule has 0 aliphatic heterocycles. The van der Waals surface area contributed by atoms with Gasteiger partial charge in [0.1, 0.15) is 6.33 Å². The first-order chi connectivity index (χ1) is 11.2. The van der Waals surface area contributed by atoms with E-state index in [1.54, 1.807) is 26.0 Å². The molecule has 7 nitrogen and oxygen atoms in total. The van der Waals surface area contributed by atoms with Gasteiger partial charge < -0.3 is 0 Å². The third kappa shape index (κ3) is 5.68. The summed E-state index contributed by atoms with van der Waals surface area (Å²) < 4.78 is 29.8. The molecule has 0 saturated heterocycles. The molecule has 0 fully saturated rings. The zero-order chi connectivity index (χ0) is 18.3. The Hall–Kier alpha value is -1.80. The van der Waals surface area contributed by atoms with Crippen molar-refractivity contribution in [2.75, 3.05) is 0 Å².